The summed E-state index contributed by atoms with van der Waals surface area (Å²) in [4.78, 5) is 153. The van der Waals surface area contributed by atoms with Crippen molar-refractivity contribution in [3.05, 3.63) is 334 Å². The van der Waals surface area contributed by atoms with E-state index in [2.05, 4.69) is 55.3 Å². The number of fused-ring (bicyclic) bond motifs is 5. The summed E-state index contributed by atoms with van der Waals surface area (Å²) >= 11 is 10.8. The number of aryl methyl sites for hydroxylation is 7. The fraction of sp³-hybridized carbons (Fsp3) is 0.366. The van der Waals surface area contributed by atoms with Gasteiger partial charge in [-0.1, -0.05) is 140 Å². The third-order valence-corrected chi connectivity index (χ3v) is 25.3. The van der Waals surface area contributed by atoms with E-state index in [0.29, 0.717) is 181 Å². The van der Waals surface area contributed by atoms with Crippen LogP contribution in [0, 0.1) is 12.7 Å². The van der Waals surface area contributed by atoms with Crippen molar-refractivity contribution < 1.29 is 59.2 Å². The van der Waals surface area contributed by atoms with E-state index in [4.69, 9.17) is 35.0 Å². The van der Waals surface area contributed by atoms with Crippen molar-refractivity contribution in [3.8, 4) is 23.3 Å². The topological polar surface area (TPSA) is 391 Å². The monoisotopic (exact) mass is 2150 g/mol. The molecule has 0 spiro atoms. The lowest BCUT2D eigenvalue weighted by Crippen LogP contribution is -2.37. The highest BCUT2D eigenvalue weighted by atomic mass is 79.9. The van der Waals surface area contributed by atoms with Crippen molar-refractivity contribution in [1.82, 2.24) is 98.4 Å². The van der Waals surface area contributed by atoms with Crippen molar-refractivity contribution in [1.29, 1.82) is 0 Å². The molecular weight excluding hydrogens is 2040 g/mol. The second-order valence-electron chi connectivity index (χ2n) is 34.7. The minimum atomic E-state index is -4.83. The van der Waals surface area contributed by atoms with Crippen LogP contribution < -0.4 is 70.5 Å². The Labute approximate surface area is 857 Å². The molecule has 0 aliphatic carbocycles. The van der Waals surface area contributed by atoms with Crippen LogP contribution in [0.15, 0.2) is 214 Å². The number of ether oxygens (including phenoxy) is 6. The summed E-state index contributed by atoms with van der Waals surface area (Å²) < 4.78 is 136. The van der Waals surface area contributed by atoms with Crippen molar-refractivity contribution in [3.63, 3.8) is 0 Å². The van der Waals surface area contributed by atoms with Gasteiger partial charge in [0.1, 0.15) is 46.8 Å². The lowest BCUT2D eigenvalue weighted by atomic mass is 10.2. The van der Waals surface area contributed by atoms with E-state index < -0.39 is 63.2 Å². The molecule has 0 amide bonds. The number of hydrogen-bond acceptors (Lipinski definition) is 24. The maximum absolute atomic E-state index is 13.2. The predicted molar refractivity (Wildman–Crippen MR) is 551 cm³/mol. The molecule has 0 radical (unpaired) electrons. The van der Waals surface area contributed by atoms with E-state index in [0.717, 1.165) is 80.1 Å². The molecule has 6 aromatic carbocycles. The molecule has 0 N–H and O–H groups in total. The number of imidazole rings is 5. The molecule has 17 aromatic rings. The smallest absolute Gasteiger partial charge is 0.448 e. The van der Waals surface area contributed by atoms with E-state index in [1.54, 1.807) is 89.1 Å². The highest BCUT2D eigenvalue weighted by Gasteiger charge is 2.33. The Hall–Kier alpha value is -14.7. The van der Waals surface area contributed by atoms with E-state index in [1.807, 2.05) is 106 Å². The largest absolute Gasteiger partial charge is 0.573 e. The zero-order valence-corrected chi connectivity index (χ0v) is 87.3. The first-order valence-electron chi connectivity index (χ1n) is 47.0. The molecule has 0 atom stereocenters. The van der Waals surface area contributed by atoms with Crippen LogP contribution >= 0.6 is 39.3 Å². The molecule has 38 nitrogen and oxygen atoms in total. The number of rotatable bonds is 34. The zero-order chi connectivity index (χ0) is 107. The molecular formula is C101H111BrClF6N21O17S. The first kappa shape index (κ1) is 110. The van der Waals surface area contributed by atoms with Gasteiger partial charge in [0.05, 0.1) is 44.4 Å². The Kier molecular flexibility index (Phi) is 36.0. The molecule has 0 unspecified atom stereocenters. The molecule has 0 bridgehead atoms. The second-order valence-corrected chi connectivity index (χ2v) is 37.0. The number of nitrogens with zero attached hydrogens (tertiary/aromatic N) is 21. The van der Waals surface area contributed by atoms with Crippen molar-refractivity contribution in [2.75, 3.05) is 39.6 Å². The molecule has 0 aliphatic heterocycles. The average molecular weight is 2150 g/mol. The third kappa shape index (κ3) is 25.9. The number of thioether (sulfide) groups is 1. The van der Waals surface area contributed by atoms with Crippen molar-refractivity contribution in [2.45, 2.75) is 143 Å². The SMILES string of the molecule is CCCOCCc1nc2c(c(=O)n(C)c(=O)n2C)n1Cc1ccc(F)cc1.CCCOCCc1nc2c(c(=O)n(C)c(=O)n2C)n1Cc1ccc(OC(C)(F)F)cc1.CCCOCCc1nc2c(c(=O)n(C)c(=O)n2C)n1Cc1cccc(Cl)c1.CCc1coc(CSc2nc3c(c(=O)n(C)c(=O)n3C)n2Cc2cccc(OC(F)(F)F)c2)n1.Cc1cccc(Oc2nc3c(c(=O)n(C)c(=O)n3C)n2Cc2cccc(Br)c2)c1. The van der Waals surface area contributed by atoms with Crippen LogP contribution in [-0.4, -0.2) is 151 Å². The number of halogens is 8. The summed E-state index contributed by atoms with van der Waals surface area (Å²) in [6.45, 7) is 15.5. The van der Waals surface area contributed by atoms with Crippen molar-refractivity contribution in [2.24, 2.45) is 70.5 Å². The van der Waals surface area contributed by atoms with Crippen LogP contribution in [0.5, 0.6) is 23.3 Å². The Morgan fingerprint density at radius 3 is 1.19 bits per heavy atom. The van der Waals surface area contributed by atoms with Gasteiger partial charge in [0.15, 0.2) is 61.0 Å². The molecule has 11 heterocycles. The fourth-order valence-corrected chi connectivity index (χ4v) is 17.6. The minimum Gasteiger partial charge on any atom is -0.448 e. The summed E-state index contributed by atoms with van der Waals surface area (Å²) in [5.74, 6) is 2.68. The third-order valence-electron chi connectivity index (χ3n) is 23.6. The fourth-order valence-electron chi connectivity index (χ4n) is 16.1. The summed E-state index contributed by atoms with van der Waals surface area (Å²) in [5.41, 5.74) is 4.37. The Balaban J connectivity index is 0.000000155. The quantitative estimate of drug-likeness (QED) is 0.0205. The molecule has 47 heteroatoms. The number of oxazole rings is 1. The normalized spacial score (nSPS) is 11.6. The minimum absolute atomic E-state index is 0.0210. The van der Waals surface area contributed by atoms with Gasteiger partial charge in [0.2, 0.25) is 5.89 Å². The summed E-state index contributed by atoms with van der Waals surface area (Å²) in [6.07, 6.45) is -1.58. The molecule has 148 heavy (non-hydrogen) atoms. The van der Waals surface area contributed by atoms with Gasteiger partial charge in [-0.05, 0) is 139 Å². The maximum atomic E-state index is 13.2. The first-order valence-corrected chi connectivity index (χ1v) is 49.1. The molecule has 0 saturated heterocycles. The Morgan fingerprint density at radius 2 is 0.770 bits per heavy atom. The van der Waals surface area contributed by atoms with Gasteiger partial charge in [-0.3, -0.25) is 74.2 Å². The highest BCUT2D eigenvalue weighted by molar-refractivity contribution is 9.10. The molecule has 0 fully saturated rings. The van der Waals surface area contributed by atoms with Gasteiger partial charge in [-0.2, -0.15) is 13.8 Å². The van der Waals surface area contributed by atoms with Gasteiger partial charge < -0.3 is 51.1 Å². The van der Waals surface area contributed by atoms with Gasteiger partial charge in [0, 0.05) is 146 Å². The number of hydrogen-bond donors (Lipinski definition) is 0. The summed E-state index contributed by atoms with van der Waals surface area (Å²) in [5, 5.41) is 1.01. The summed E-state index contributed by atoms with van der Waals surface area (Å²) in [7, 11) is 15.0. The van der Waals surface area contributed by atoms with Gasteiger partial charge in [0.25, 0.3) is 27.8 Å². The van der Waals surface area contributed by atoms with Gasteiger partial charge in [-0.15, -0.1) is 13.2 Å². The average Bonchev–Trinajstić information content (AvgIpc) is 1.62. The Bertz CT molecular complexity index is 8380. The number of benzene rings is 6. The molecule has 0 aliphatic rings. The zero-order valence-electron chi connectivity index (χ0n) is 84.1. The van der Waals surface area contributed by atoms with Crippen LogP contribution in [-0.2, 0) is 149 Å². The van der Waals surface area contributed by atoms with E-state index in [1.165, 1.54) is 119 Å². The van der Waals surface area contributed by atoms with Crippen LogP contribution in [0.25, 0.3) is 55.8 Å². The van der Waals surface area contributed by atoms with E-state index >= 15 is 0 Å². The standard InChI is InChI=1S/C21H19BrN4O3.C21H20F3N5O4S.C21H26F2N4O4.C19H23ClN4O3.C19H23FN4O3/c1-13-6-4-9-16(10-13)29-20-23-18-17(19(27)25(3)21(28)24(18)2)26(20)12-14-7-5-8-15(22)11-14;1-4-13-10-32-15(25-13)11-34-19-26-17-16(18(30)28(3)20(31)27(17)2)29(19)9-12-6-5-7-14(8-12)33-21(22,23)24;1-5-11-30-12-10-16-24-18-17(19(28)26(4)20(29)25(18)3)27(16)13-14-6-8-15(9-7-14)31-21(2,22)23;1-4-9-27-10-8-15-21-17-16(18(25)23(3)19(26)22(17)2)24(15)12-13-6-5-7-14(20)11-13;1-4-10-27-11-9-15-21-17-16(18(25)23(3)19(26)22(17)2)24(15)12-13-5-7-14(20)8-6-13/h4-11H,12H2,1-3H3;5-8,10H,4,9,11H2,1-3H3;6-9H,5,10-13H2,1-4H3;5-7,11H,4,8-10,12H2,1-3H3;5-8H,4,9-12H2,1-3H3. The summed E-state index contributed by atoms with van der Waals surface area (Å²) in [6, 6.07) is 40.9. The van der Waals surface area contributed by atoms with Crippen LogP contribution in [0.3, 0.4) is 0 Å². The molecule has 0 saturated carbocycles. The second kappa shape index (κ2) is 48.3. The molecule has 17 rings (SSSR count). The highest BCUT2D eigenvalue weighted by Crippen LogP contribution is 2.32. The van der Waals surface area contributed by atoms with E-state index in [9.17, 15) is 74.3 Å². The lowest BCUT2D eigenvalue weighted by molar-refractivity contribution is -0.274. The Morgan fingerprint density at radius 1 is 0.392 bits per heavy atom. The number of alkyl halides is 5. The number of aromatic nitrogens is 21. The first-order chi connectivity index (χ1) is 70.4. The predicted octanol–water partition coefficient (Wildman–Crippen LogP) is 12.7. The lowest BCUT2D eigenvalue weighted by Gasteiger charge is -2.14. The van der Waals surface area contributed by atoms with Crippen LogP contribution in [0.4, 0.5) is 26.3 Å². The van der Waals surface area contributed by atoms with Crippen LogP contribution in [0.1, 0.15) is 116 Å². The van der Waals surface area contributed by atoms with Crippen molar-refractivity contribution >= 4 is 95.1 Å². The van der Waals surface area contributed by atoms with Gasteiger partial charge >= 0.3 is 46.9 Å². The van der Waals surface area contributed by atoms with E-state index in [-0.39, 0.29) is 58.8 Å². The molecule has 784 valence electrons. The molecule has 11 aromatic heterocycles. The maximum Gasteiger partial charge on any atom is 0.573 e. The van der Waals surface area contributed by atoms with Gasteiger partial charge in [-0.25, -0.2) is 53.3 Å². The van der Waals surface area contributed by atoms with Crippen LogP contribution in [0.2, 0.25) is 5.02 Å².